The maximum atomic E-state index is 12.5. The van der Waals surface area contributed by atoms with Gasteiger partial charge >= 0.3 is 0 Å². The zero-order chi connectivity index (χ0) is 22.1. The van der Waals surface area contributed by atoms with E-state index in [-0.39, 0.29) is 23.3 Å². The molecule has 30 heavy (non-hydrogen) atoms. The molecule has 0 saturated heterocycles. The third-order valence-corrected chi connectivity index (χ3v) is 7.11. The molecule has 160 valence electrons. The van der Waals surface area contributed by atoms with Gasteiger partial charge in [0, 0.05) is 4.88 Å². The number of thiophene rings is 1. The van der Waals surface area contributed by atoms with Crippen LogP contribution in [0.2, 0.25) is 0 Å². The first-order chi connectivity index (χ1) is 14.0. The predicted octanol–water partition coefficient (Wildman–Crippen LogP) is 6.09. The lowest BCUT2D eigenvalue weighted by atomic mass is 9.72. The number of ether oxygens (including phenoxy) is 1. The molecule has 0 spiro atoms. The van der Waals surface area contributed by atoms with Gasteiger partial charge in [-0.05, 0) is 59.3 Å². The molecule has 1 aliphatic carbocycles. The summed E-state index contributed by atoms with van der Waals surface area (Å²) in [5.74, 6) is 1.02. The van der Waals surface area contributed by atoms with Gasteiger partial charge in [0.15, 0.2) is 6.61 Å². The summed E-state index contributed by atoms with van der Waals surface area (Å²) in [5, 5.41) is 13.2. The van der Waals surface area contributed by atoms with Crippen LogP contribution in [-0.2, 0) is 23.1 Å². The van der Waals surface area contributed by atoms with Crippen LogP contribution in [-0.4, -0.2) is 12.5 Å². The van der Waals surface area contributed by atoms with E-state index in [1.807, 2.05) is 24.3 Å². The average Bonchev–Trinajstić information content (AvgIpc) is 3.01. The highest BCUT2D eigenvalue weighted by molar-refractivity contribution is 7.16. The van der Waals surface area contributed by atoms with E-state index >= 15 is 0 Å². The van der Waals surface area contributed by atoms with Crippen LogP contribution in [0.15, 0.2) is 24.3 Å². The number of nitrogens with zero attached hydrogens (tertiary/aromatic N) is 1. The maximum absolute atomic E-state index is 12.5. The number of carbonyl (C=O) groups excluding carboxylic acids is 1. The van der Waals surface area contributed by atoms with Gasteiger partial charge in [0.1, 0.15) is 16.8 Å². The molecule has 1 heterocycles. The Morgan fingerprint density at radius 2 is 1.87 bits per heavy atom. The number of benzene rings is 1. The third kappa shape index (κ3) is 5.05. The first-order valence-electron chi connectivity index (χ1n) is 10.6. The quantitative estimate of drug-likeness (QED) is 0.646. The molecular formula is C25H32N2O2S. The average molecular weight is 425 g/mol. The SMILES string of the molecule is CC(C)(C)c1ccc(OCC(=O)Nc2sc3c(c2C#N)CC[C@@H](C(C)(C)C)C3)cc1. The van der Waals surface area contributed by atoms with Crippen LogP contribution in [0.3, 0.4) is 0 Å². The number of carbonyl (C=O) groups is 1. The van der Waals surface area contributed by atoms with E-state index < -0.39 is 0 Å². The second-order valence-corrected chi connectivity index (χ2v) is 11.3. The van der Waals surface area contributed by atoms with Crippen LogP contribution in [0.4, 0.5) is 5.00 Å². The number of nitrogens with one attached hydrogen (secondary N) is 1. The van der Waals surface area contributed by atoms with E-state index in [1.165, 1.54) is 10.4 Å². The molecule has 1 amide bonds. The van der Waals surface area contributed by atoms with Crippen molar-refractivity contribution in [1.82, 2.24) is 0 Å². The molecule has 1 aromatic heterocycles. The Balaban J connectivity index is 1.65. The number of amides is 1. The molecule has 2 aromatic rings. The van der Waals surface area contributed by atoms with E-state index in [1.54, 1.807) is 11.3 Å². The molecule has 1 aromatic carbocycles. The second kappa shape index (κ2) is 8.43. The molecule has 0 radical (unpaired) electrons. The van der Waals surface area contributed by atoms with Gasteiger partial charge in [0.25, 0.3) is 5.91 Å². The van der Waals surface area contributed by atoms with E-state index in [2.05, 4.69) is 52.9 Å². The topological polar surface area (TPSA) is 62.1 Å². The van der Waals surface area contributed by atoms with Gasteiger partial charge < -0.3 is 10.1 Å². The lowest BCUT2D eigenvalue weighted by Crippen LogP contribution is -2.26. The first-order valence-corrected chi connectivity index (χ1v) is 11.4. The predicted molar refractivity (Wildman–Crippen MR) is 123 cm³/mol. The number of hydrogen-bond donors (Lipinski definition) is 1. The van der Waals surface area contributed by atoms with E-state index in [9.17, 15) is 10.1 Å². The summed E-state index contributed by atoms with van der Waals surface area (Å²) in [6.45, 7) is 13.2. The van der Waals surface area contributed by atoms with Gasteiger partial charge in [0.2, 0.25) is 0 Å². The molecule has 1 aliphatic rings. The molecule has 0 fully saturated rings. The number of nitriles is 1. The van der Waals surface area contributed by atoms with E-state index in [4.69, 9.17) is 4.74 Å². The molecule has 4 nitrogen and oxygen atoms in total. The van der Waals surface area contributed by atoms with Crippen molar-refractivity contribution in [3.63, 3.8) is 0 Å². The van der Waals surface area contributed by atoms with Crippen LogP contribution >= 0.6 is 11.3 Å². The van der Waals surface area contributed by atoms with Gasteiger partial charge in [-0.2, -0.15) is 5.26 Å². The van der Waals surface area contributed by atoms with Crippen molar-refractivity contribution in [2.45, 2.75) is 66.2 Å². The van der Waals surface area contributed by atoms with Crippen LogP contribution in [0.1, 0.15) is 69.5 Å². The summed E-state index contributed by atoms with van der Waals surface area (Å²) in [7, 11) is 0. The number of hydrogen-bond acceptors (Lipinski definition) is 4. The zero-order valence-electron chi connectivity index (χ0n) is 18.9. The van der Waals surface area contributed by atoms with E-state index in [0.717, 1.165) is 24.8 Å². The fourth-order valence-electron chi connectivity index (χ4n) is 3.89. The molecule has 0 bridgehead atoms. The molecule has 1 atom stereocenters. The number of rotatable bonds is 4. The Kier molecular flexibility index (Phi) is 6.29. The Hall–Kier alpha value is -2.32. The van der Waals surface area contributed by atoms with Crippen molar-refractivity contribution in [2.75, 3.05) is 11.9 Å². The van der Waals surface area contributed by atoms with Crippen molar-refractivity contribution in [2.24, 2.45) is 11.3 Å². The standard InChI is InChI=1S/C25H32N2O2S/c1-24(2,3)16-7-10-18(11-8-16)29-15-22(28)27-23-20(14-26)19-12-9-17(25(4,5)6)13-21(19)30-23/h7-8,10-11,17H,9,12-13,15H2,1-6H3,(H,27,28)/t17-/m1/s1. The second-order valence-electron chi connectivity index (χ2n) is 10.2. The minimum Gasteiger partial charge on any atom is -0.484 e. The Morgan fingerprint density at radius 3 is 2.43 bits per heavy atom. The van der Waals surface area contributed by atoms with Crippen molar-refractivity contribution in [3.8, 4) is 11.8 Å². The van der Waals surface area contributed by atoms with Crippen LogP contribution in [0, 0.1) is 22.7 Å². The van der Waals surface area contributed by atoms with Crippen molar-refractivity contribution < 1.29 is 9.53 Å². The highest BCUT2D eigenvalue weighted by Gasteiger charge is 2.32. The summed E-state index contributed by atoms with van der Waals surface area (Å²) < 4.78 is 5.65. The van der Waals surface area contributed by atoms with Crippen molar-refractivity contribution in [3.05, 3.63) is 45.8 Å². The third-order valence-electron chi connectivity index (χ3n) is 5.95. The van der Waals surface area contributed by atoms with Crippen LogP contribution < -0.4 is 10.1 Å². The first kappa shape index (κ1) is 22.4. The Morgan fingerprint density at radius 1 is 1.20 bits per heavy atom. The lowest BCUT2D eigenvalue weighted by Gasteiger charge is -2.33. The monoisotopic (exact) mass is 424 g/mol. The minimum atomic E-state index is -0.239. The minimum absolute atomic E-state index is 0.0765. The van der Waals surface area contributed by atoms with E-state index in [0.29, 0.717) is 22.2 Å². The number of anilines is 1. The largest absolute Gasteiger partial charge is 0.484 e. The van der Waals surface area contributed by atoms with Crippen molar-refractivity contribution in [1.29, 1.82) is 5.26 Å². The smallest absolute Gasteiger partial charge is 0.262 e. The van der Waals surface area contributed by atoms with Crippen molar-refractivity contribution >= 4 is 22.2 Å². The van der Waals surface area contributed by atoms with Gasteiger partial charge in [-0.1, -0.05) is 53.7 Å². The Labute approximate surface area is 184 Å². The fourth-order valence-corrected chi connectivity index (χ4v) is 5.19. The summed E-state index contributed by atoms with van der Waals surface area (Å²) in [6.07, 6.45) is 2.97. The normalized spacial score (nSPS) is 16.5. The molecule has 0 aliphatic heterocycles. The van der Waals surface area contributed by atoms with Gasteiger partial charge in [-0.25, -0.2) is 0 Å². The zero-order valence-corrected chi connectivity index (χ0v) is 19.7. The maximum Gasteiger partial charge on any atom is 0.262 e. The van der Waals surface area contributed by atoms with Crippen LogP contribution in [0.25, 0.3) is 0 Å². The molecular weight excluding hydrogens is 392 g/mol. The van der Waals surface area contributed by atoms with Gasteiger partial charge in [-0.3, -0.25) is 4.79 Å². The summed E-state index contributed by atoms with van der Waals surface area (Å²) in [4.78, 5) is 13.7. The summed E-state index contributed by atoms with van der Waals surface area (Å²) in [5.41, 5.74) is 3.29. The molecule has 0 saturated carbocycles. The van der Waals surface area contributed by atoms with Gasteiger partial charge in [-0.15, -0.1) is 11.3 Å². The Bertz CT molecular complexity index is 953. The number of fused-ring (bicyclic) bond motifs is 1. The highest BCUT2D eigenvalue weighted by atomic mass is 32.1. The van der Waals surface area contributed by atoms with Gasteiger partial charge in [0.05, 0.1) is 5.56 Å². The van der Waals surface area contributed by atoms with Crippen LogP contribution in [0.5, 0.6) is 5.75 Å². The summed E-state index contributed by atoms with van der Waals surface area (Å²) in [6, 6.07) is 10.2. The highest BCUT2D eigenvalue weighted by Crippen LogP contribution is 2.44. The molecule has 5 heteroatoms. The lowest BCUT2D eigenvalue weighted by molar-refractivity contribution is -0.118. The molecule has 3 rings (SSSR count). The molecule has 0 unspecified atom stereocenters. The molecule has 1 N–H and O–H groups in total. The fraction of sp³-hybridized carbons (Fsp3) is 0.520. The summed E-state index contributed by atoms with van der Waals surface area (Å²) >= 11 is 1.55.